The molecule has 3 aromatic carbocycles. The fraction of sp³-hybridized carbons (Fsp3) is 0.0833. The van der Waals surface area contributed by atoms with Crippen LogP contribution in [-0.4, -0.2) is 0 Å². The summed E-state index contributed by atoms with van der Waals surface area (Å²) in [5.41, 5.74) is 22.4. The topological polar surface area (TPSA) is 64.1 Å². The van der Waals surface area contributed by atoms with E-state index in [-0.39, 0.29) is 6.04 Å². The zero-order chi connectivity index (χ0) is 19.1. The van der Waals surface area contributed by atoms with Crippen molar-refractivity contribution in [3.8, 4) is 22.3 Å². The smallest absolute Gasteiger partial charge is 0.0591 e. The van der Waals surface area contributed by atoms with Crippen molar-refractivity contribution in [2.24, 2.45) is 0 Å². The first-order valence-corrected chi connectivity index (χ1v) is 10.3. The molecule has 3 nitrogen and oxygen atoms in total. The normalized spacial score (nSPS) is 12.7. The first-order valence-electron chi connectivity index (χ1n) is 9.34. The van der Waals surface area contributed by atoms with Gasteiger partial charge in [-0.15, -0.1) is 0 Å². The molecule has 138 valence electrons. The molecule has 1 aromatic heterocycles. The minimum Gasteiger partial charge on any atom is -0.399 e. The first-order chi connectivity index (χ1) is 13.7. The van der Waals surface area contributed by atoms with E-state index in [1.54, 1.807) is 11.3 Å². The molecule has 5 N–H and O–H groups in total. The zero-order valence-electron chi connectivity index (χ0n) is 15.4. The summed E-state index contributed by atoms with van der Waals surface area (Å²) in [7, 11) is 0. The largest absolute Gasteiger partial charge is 0.399 e. The van der Waals surface area contributed by atoms with E-state index in [1.807, 2.05) is 18.2 Å². The standard InChI is InChI=1S/C24H21N3S/c25-16-9-10-23(26)21(11-16)22-14-28-13-15(22)12-27-24-19-7-3-1-5-17(19)18-6-2-4-8-20(18)24/h1-11,13-14,24,27H,12,25-26H2. The van der Waals surface area contributed by atoms with Gasteiger partial charge in [-0.3, -0.25) is 0 Å². The highest BCUT2D eigenvalue weighted by atomic mass is 32.1. The molecule has 0 saturated heterocycles. The molecule has 0 aliphatic heterocycles. The quantitative estimate of drug-likeness (QED) is 0.411. The summed E-state index contributed by atoms with van der Waals surface area (Å²) in [5.74, 6) is 0. The average Bonchev–Trinajstić information content (AvgIpc) is 3.31. The van der Waals surface area contributed by atoms with Crippen molar-refractivity contribution in [3.05, 3.63) is 94.2 Å². The van der Waals surface area contributed by atoms with Gasteiger partial charge in [0.1, 0.15) is 0 Å². The number of nitrogens with one attached hydrogen (secondary N) is 1. The molecule has 0 saturated carbocycles. The molecule has 0 radical (unpaired) electrons. The second kappa shape index (κ2) is 6.82. The monoisotopic (exact) mass is 383 g/mol. The molecule has 4 aromatic rings. The molecule has 1 aliphatic carbocycles. The summed E-state index contributed by atoms with van der Waals surface area (Å²) in [6.07, 6.45) is 0. The van der Waals surface area contributed by atoms with Gasteiger partial charge >= 0.3 is 0 Å². The van der Waals surface area contributed by atoms with Crippen molar-refractivity contribution >= 4 is 22.7 Å². The van der Waals surface area contributed by atoms with Gasteiger partial charge in [0, 0.05) is 23.5 Å². The summed E-state index contributed by atoms with van der Waals surface area (Å²) < 4.78 is 0. The number of benzene rings is 3. The van der Waals surface area contributed by atoms with Gasteiger partial charge in [-0.05, 0) is 62.3 Å². The Morgan fingerprint density at radius 3 is 2.14 bits per heavy atom. The molecule has 0 fully saturated rings. The van der Waals surface area contributed by atoms with E-state index in [0.717, 1.165) is 29.0 Å². The predicted molar refractivity (Wildman–Crippen MR) is 119 cm³/mol. The number of thiophene rings is 1. The average molecular weight is 384 g/mol. The van der Waals surface area contributed by atoms with Crippen LogP contribution in [0.2, 0.25) is 0 Å². The van der Waals surface area contributed by atoms with Crippen molar-refractivity contribution in [2.45, 2.75) is 12.6 Å². The molecule has 0 amide bonds. The van der Waals surface area contributed by atoms with E-state index in [1.165, 1.54) is 27.8 Å². The molecular weight excluding hydrogens is 362 g/mol. The summed E-state index contributed by atoms with van der Waals surface area (Å²) in [4.78, 5) is 0. The lowest BCUT2D eigenvalue weighted by atomic mass is 10.0. The van der Waals surface area contributed by atoms with Crippen molar-refractivity contribution < 1.29 is 0 Å². The zero-order valence-corrected chi connectivity index (χ0v) is 16.2. The molecule has 1 aliphatic rings. The van der Waals surface area contributed by atoms with E-state index in [9.17, 15) is 0 Å². The number of anilines is 2. The van der Waals surface area contributed by atoms with Crippen molar-refractivity contribution in [1.29, 1.82) is 0 Å². The lowest BCUT2D eigenvalue weighted by Crippen LogP contribution is -2.20. The number of hydrogen-bond acceptors (Lipinski definition) is 4. The van der Waals surface area contributed by atoms with Gasteiger partial charge in [0.15, 0.2) is 0 Å². The van der Waals surface area contributed by atoms with E-state index in [0.29, 0.717) is 0 Å². The lowest BCUT2D eigenvalue weighted by Gasteiger charge is -2.17. The van der Waals surface area contributed by atoms with E-state index >= 15 is 0 Å². The van der Waals surface area contributed by atoms with Crippen LogP contribution in [0.5, 0.6) is 0 Å². The van der Waals surface area contributed by atoms with E-state index in [2.05, 4.69) is 64.6 Å². The Morgan fingerprint density at radius 2 is 1.43 bits per heavy atom. The van der Waals surface area contributed by atoms with Crippen LogP contribution in [0.3, 0.4) is 0 Å². The SMILES string of the molecule is Nc1ccc(N)c(-c2cscc2CNC2c3ccccc3-c3ccccc32)c1. The van der Waals surface area contributed by atoms with Gasteiger partial charge in [-0.25, -0.2) is 0 Å². The Labute approximate surface area is 168 Å². The van der Waals surface area contributed by atoms with Crippen LogP contribution in [0.15, 0.2) is 77.5 Å². The van der Waals surface area contributed by atoms with E-state index < -0.39 is 0 Å². The number of rotatable bonds is 4. The maximum absolute atomic E-state index is 6.22. The maximum atomic E-state index is 6.22. The Morgan fingerprint density at radius 1 is 0.750 bits per heavy atom. The van der Waals surface area contributed by atoms with Gasteiger partial charge in [0.05, 0.1) is 6.04 Å². The summed E-state index contributed by atoms with van der Waals surface area (Å²) in [5, 5.41) is 8.12. The molecule has 0 atom stereocenters. The van der Waals surface area contributed by atoms with Gasteiger partial charge < -0.3 is 16.8 Å². The molecule has 28 heavy (non-hydrogen) atoms. The third-order valence-corrected chi connectivity index (χ3v) is 6.23. The van der Waals surface area contributed by atoms with Crippen LogP contribution in [0.4, 0.5) is 11.4 Å². The third-order valence-electron chi connectivity index (χ3n) is 5.44. The van der Waals surface area contributed by atoms with Gasteiger partial charge in [0.2, 0.25) is 0 Å². The summed E-state index contributed by atoms with van der Waals surface area (Å²) >= 11 is 1.69. The minimum atomic E-state index is 0.193. The van der Waals surface area contributed by atoms with Crippen LogP contribution >= 0.6 is 11.3 Å². The van der Waals surface area contributed by atoms with Crippen LogP contribution < -0.4 is 16.8 Å². The number of fused-ring (bicyclic) bond motifs is 3. The predicted octanol–water partition coefficient (Wildman–Crippen LogP) is 5.44. The first kappa shape index (κ1) is 17.0. The van der Waals surface area contributed by atoms with E-state index in [4.69, 9.17) is 11.5 Å². The summed E-state index contributed by atoms with van der Waals surface area (Å²) in [6, 6.07) is 23.2. The highest BCUT2D eigenvalue weighted by molar-refractivity contribution is 7.08. The maximum Gasteiger partial charge on any atom is 0.0591 e. The number of hydrogen-bond donors (Lipinski definition) is 3. The van der Waals surface area contributed by atoms with Crippen LogP contribution in [0.1, 0.15) is 22.7 Å². The van der Waals surface area contributed by atoms with Gasteiger partial charge in [-0.2, -0.15) is 11.3 Å². The fourth-order valence-corrected chi connectivity index (χ4v) is 4.95. The van der Waals surface area contributed by atoms with Crippen molar-refractivity contribution in [1.82, 2.24) is 5.32 Å². The molecule has 0 unspecified atom stereocenters. The Balaban J connectivity index is 1.47. The third kappa shape index (κ3) is 2.78. The number of nitrogens with two attached hydrogens (primary N) is 2. The molecule has 4 heteroatoms. The molecule has 1 heterocycles. The lowest BCUT2D eigenvalue weighted by molar-refractivity contribution is 0.617. The van der Waals surface area contributed by atoms with Gasteiger partial charge in [-0.1, -0.05) is 48.5 Å². The minimum absolute atomic E-state index is 0.193. The van der Waals surface area contributed by atoms with Crippen molar-refractivity contribution in [2.75, 3.05) is 11.5 Å². The Hall–Kier alpha value is -3.08. The second-order valence-electron chi connectivity index (χ2n) is 7.15. The highest BCUT2D eigenvalue weighted by Gasteiger charge is 2.27. The molecule has 0 spiro atoms. The number of nitrogen functional groups attached to an aromatic ring is 2. The summed E-state index contributed by atoms with van der Waals surface area (Å²) in [6.45, 7) is 0.764. The molecular formula is C24H21N3S. The highest BCUT2D eigenvalue weighted by Crippen LogP contribution is 2.43. The van der Waals surface area contributed by atoms with Crippen LogP contribution in [0, 0.1) is 0 Å². The van der Waals surface area contributed by atoms with Gasteiger partial charge in [0.25, 0.3) is 0 Å². The second-order valence-corrected chi connectivity index (χ2v) is 7.89. The fourth-order valence-electron chi connectivity index (χ4n) is 4.09. The Kier molecular flexibility index (Phi) is 4.15. The van der Waals surface area contributed by atoms with Crippen molar-refractivity contribution in [3.63, 3.8) is 0 Å². The van der Waals surface area contributed by atoms with Crippen LogP contribution in [0.25, 0.3) is 22.3 Å². The molecule has 5 rings (SSSR count). The molecule has 0 bridgehead atoms. The Bertz CT molecular complexity index is 1120. The van der Waals surface area contributed by atoms with Crippen LogP contribution in [-0.2, 0) is 6.54 Å².